The van der Waals surface area contributed by atoms with Crippen molar-refractivity contribution in [3.63, 3.8) is 0 Å². The second kappa shape index (κ2) is 99.1. The summed E-state index contributed by atoms with van der Waals surface area (Å²) in [7, 11) is 0. The van der Waals surface area contributed by atoms with E-state index in [0.29, 0.717) is 0 Å². The summed E-state index contributed by atoms with van der Waals surface area (Å²) in [5.74, 6) is -0.914. The molecule has 0 aliphatic carbocycles. The second-order valence-electron chi connectivity index (χ2n) is 15.9. The number of aliphatic hydroxyl groups is 30. The van der Waals surface area contributed by atoms with E-state index in [1.54, 1.807) is 0 Å². The van der Waals surface area contributed by atoms with E-state index < -0.39 is 67.0 Å². The second-order valence-corrected chi connectivity index (χ2v) is 15.9. The molecule has 0 saturated heterocycles. The van der Waals surface area contributed by atoms with Crippen molar-refractivity contribution in [3.8, 4) is 0 Å². The normalized spacial score (nSPS) is 10.3. The molecule has 0 fully saturated rings. The van der Waals surface area contributed by atoms with Crippen molar-refractivity contribution in [2.45, 2.75) is 158 Å². The molecule has 0 aliphatic rings. The van der Waals surface area contributed by atoms with Gasteiger partial charge in [0, 0.05) is 5.97 Å². The molecule has 0 aliphatic heterocycles. The molecule has 0 amide bonds. The van der Waals surface area contributed by atoms with Gasteiger partial charge < -0.3 is 163 Å². The number of hydrogen-bond donors (Lipinski definition) is 30. The first-order chi connectivity index (χ1) is 37.9. The lowest BCUT2D eigenvalue weighted by atomic mass is 10.1. The molecule has 0 radical (unpaired) electrons. The number of hydrogen-bond acceptors (Lipinski definition) is 32. The van der Waals surface area contributed by atoms with Crippen LogP contribution < -0.4 is 5.11 Å². The van der Waals surface area contributed by atoms with Crippen molar-refractivity contribution in [2.24, 2.45) is 0 Å². The summed E-state index contributed by atoms with van der Waals surface area (Å²) < 4.78 is 0. The number of carboxylic acid groups (broad SMARTS) is 1. The third-order valence-electron chi connectivity index (χ3n) is 7.86. The number of allylic oxidation sites excluding steroid dienone is 2. The van der Waals surface area contributed by atoms with Gasteiger partial charge in [0.25, 0.3) is 0 Å². The summed E-state index contributed by atoms with van der Waals surface area (Å²) >= 11 is 0. The van der Waals surface area contributed by atoms with E-state index in [1.165, 1.54) is 64.2 Å². The van der Waals surface area contributed by atoms with E-state index in [1.807, 2.05) is 0 Å². The molecule has 0 aromatic heterocycles. The molecular weight excluding hydrogens is 1090 g/mol. The number of aliphatic carboxylic acids is 1. The van der Waals surface area contributed by atoms with Crippen LogP contribution in [-0.2, 0) is 4.79 Å². The zero-order valence-corrected chi connectivity index (χ0v) is 46.7. The van der Waals surface area contributed by atoms with E-state index in [-0.39, 0.29) is 139 Å². The highest BCUT2D eigenvalue weighted by Gasteiger charge is 1.99. The molecular formula is C48H113O32-. The van der Waals surface area contributed by atoms with Crippen molar-refractivity contribution in [3.05, 3.63) is 12.2 Å². The highest BCUT2D eigenvalue weighted by molar-refractivity contribution is 5.64. The lowest BCUT2D eigenvalue weighted by molar-refractivity contribution is -0.305. The van der Waals surface area contributed by atoms with Gasteiger partial charge in [0.05, 0.1) is 132 Å². The average molecular weight is 1200 g/mol. The van der Waals surface area contributed by atoms with Crippen LogP contribution >= 0.6 is 0 Å². The Hall–Kier alpha value is -1.99. The Morgan fingerprint density at radius 3 is 0.525 bits per heavy atom. The predicted molar refractivity (Wildman–Crippen MR) is 286 cm³/mol. The lowest BCUT2D eigenvalue weighted by Crippen LogP contribution is -2.21. The van der Waals surface area contributed by atoms with Crippen LogP contribution in [0.5, 0.6) is 0 Å². The van der Waals surface area contributed by atoms with Crippen LogP contribution in [0.2, 0.25) is 0 Å². The van der Waals surface area contributed by atoms with Gasteiger partial charge in [-0.2, -0.15) is 0 Å². The van der Waals surface area contributed by atoms with Crippen molar-refractivity contribution in [1.29, 1.82) is 0 Å². The molecule has 0 rings (SSSR count). The molecule has 80 heavy (non-hydrogen) atoms. The maximum Gasteiger partial charge on any atom is 0.100 e. The van der Waals surface area contributed by atoms with Crippen molar-refractivity contribution >= 4 is 5.97 Å². The van der Waals surface area contributed by atoms with Crippen LogP contribution in [0.1, 0.15) is 96.8 Å². The average Bonchev–Trinajstić information content (AvgIpc) is 3.50. The van der Waals surface area contributed by atoms with E-state index in [9.17, 15) is 9.90 Å². The molecule has 498 valence electrons. The third kappa shape index (κ3) is 141. The van der Waals surface area contributed by atoms with E-state index in [4.69, 9.17) is 153 Å². The Labute approximate surface area is 470 Å². The monoisotopic (exact) mass is 1200 g/mol. The number of aliphatic hydroxyl groups excluding tert-OH is 30. The van der Waals surface area contributed by atoms with Crippen molar-refractivity contribution < 1.29 is 163 Å². The first-order valence-electron chi connectivity index (χ1n) is 25.7. The lowest BCUT2D eigenvalue weighted by Gasteiger charge is -2.01. The summed E-state index contributed by atoms with van der Waals surface area (Å²) in [6.45, 7) is -5.04. The minimum atomic E-state index is -0.954. The topological polar surface area (TPSA) is 647 Å². The van der Waals surface area contributed by atoms with Gasteiger partial charge in [-0.3, -0.25) is 0 Å². The number of carboxylic acids is 1. The molecule has 0 aromatic rings. The number of unbranched alkanes of at least 4 members (excludes halogenated alkanes) is 11. The third-order valence-corrected chi connectivity index (χ3v) is 7.86. The molecule has 0 saturated carbocycles. The van der Waals surface area contributed by atoms with Gasteiger partial charge in [-0.25, -0.2) is 0 Å². The fourth-order valence-corrected chi connectivity index (χ4v) is 2.92. The first kappa shape index (κ1) is 103. The highest BCUT2D eigenvalue weighted by atomic mass is 16.4. The molecule has 0 spiro atoms. The Balaban J connectivity index is -0.0000000761. The van der Waals surface area contributed by atoms with Gasteiger partial charge in [0.15, 0.2) is 0 Å². The fourth-order valence-electron chi connectivity index (χ4n) is 2.92. The quantitative estimate of drug-likeness (QED) is 0.0207. The highest BCUT2D eigenvalue weighted by Crippen LogP contribution is 2.09. The maximum atomic E-state index is 10.2. The largest absolute Gasteiger partial charge is 0.550 e. The molecule has 0 heterocycles. The van der Waals surface area contributed by atoms with Gasteiger partial charge in [0.1, 0.15) is 61.0 Å². The smallest absolute Gasteiger partial charge is 0.100 e. The summed E-state index contributed by atoms with van der Waals surface area (Å²) in [5, 5.41) is 250. The SMILES string of the molecule is CCCCCCCCC=CCCCCCCCC(=O)[O-].OCC(O)CO.OCC(O)CO.OCC(O)CO.OCC(O)CO.OCC(O)CO.OCC(O)CO.OCC(O)CO.OCC(O)CO.OCC(O)CO.OCC(O)CO. The minimum Gasteiger partial charge on any atom is -0.550 e. The maximum absolute atomic E-state index is 10.2. The van der Waals surface area contributed by atoms with Gasteiger partial charge in [-0.15, -0.1) is 0 Å². The Morgan fingerprint density at radius 2 is 0.400 bits per heavy atom. The Morgan fingerprint density at radius 1 is 0.263 bits per heavy atom. The Kier molecular flexibility index (Phi) is 128. The molecule has 0 bridgehead atoms. The predicted octanol–water partition coefficient (Wildman–Crippen LogP) is -11.9. The van der Waals surface area contributed by atoms with E-state index in [2.05, 4.69) is 19.1 Å². The van der Waals surface area contributed by atoms with Crippen molar-refractivity contribution in [2.75, 3.05) is 132 Å². The number of carbonyl (C=O) groups excluding carboxylic acids is 1. The molecule has 0 atom stereocenters. The van der Waals surface area contributed by atoms with Gasteiger partial charge in [0.2, 0.25) is 0 Å². The van der Waals surface area contributed by atoms with Crippen LogP contribution in [0.25, 0.3) is 0 Å². The molecule has 30 N–H and O–H groups in total. The van der Waals surface area contributed by atoms with Crippen LogP contribution in [0.3, 0.4) is 0 Å². The van der Waals surface area contributed by atoms with Gasteiger partial charge in [-0.1, -0.05) is 70.4 Å². The van der Waals surface area contributed by atoms with Gasteiger partial charge >= 0.3 is 0 Å². The zero-order chi connectivity index (χ0) is 64.8. The van der Waals surface area contributed by atoms with Crippen LogP contribution in [0.4, 0.5) is 0 Å². The van der Waals surface area contributed by atoms with Crippen LogP contribution in [0.15, 0.2) is 12.2 Å². The number of carbonyl (C=O) groups is 1. The number of rotatable bonds is 35. The van der Waals surface area contributed by atoms with Crippen LogP contribution in [0, 0.1) is 0 Å². The molecule has 32 heteroatoms. The standard InChI is InChI=1S/C18H34O2.10C3H8O3/c1-2-3-4-5-6-7-8-9-10-11-12-13-14-15-16-17-18(19)20;10*4-1-3(6)2-5/h9-10H,2-8,11-17H2,1H3,(H,19,20);10*3-6H,1-2H2/p-1. The summed E-state index contributed by atoms with van der Waals surface area (Å²) in [4.78, 5) is 10.2. The Bertz CT molecular complexity index is 798. The molecule has 0 unspecified atom stereocenters. The molecule has 0 aromatic carbocycles. The van der Waals surface area contributed by atoms with E-state index in [0.717, 1.165) is 19.3 Å². The first-order valence-corrected chi connectivity index (χ1v) is 25.7. The summed E-state index contributed by atoms with van der Waals surface area (Å²) in [6.07, 6.45) is 11.4. The summed E-state index contributed by atoms with van der Waals surface area (Å²) in [5.41, 5.74) is 0. The van der Waals surface area contributed by atoms with Crippen LogP contribution in [-0.4, -0.2) is 352 Å². The molecule has 32 nitrogen and oxygen atoms in total. The van der Waals surface area contributed by atoms with Crippen molar-refractivity contribution in [1.82, 2.24) is 0 Å². The van der Waals surface area contributed by atoms with Gasteiger partial charge in [-0.05, 0) is 38.5 Å². The van der Waals surface area contributed by atoms with E-state index >= 15 is 0 Å². The fraction of sp³-hybridized carbons (Fsp3) is 0.938. The summed E-state index contributed by atoms with van der Waals surface area (Å²) in [6, 6.07) is 0. The minimum absolute atomic E-state index is 0.220. The zero-order valence-electron chi connectivity index (χ0n) is 46.7.